The number of pyridine rings is 1. The van der Waals surface area contributed by atoms with Crippen LogP contribution in [0.5, 0.6) is 5.75 Å². The molecule has 0 aliphatic rings. The Morgan fingerprint density at radius 2 is 2.00 bits per heavy atom. The molecule has 0 fully saturated rings. The zero-order valence-electron chi connectivity index (χ0n) is 11.9. The van der Waals surface area contributed by atoms with Crippen molar-refractivity contribution in [3.63, 3.8) is 0 Å². The molecule has 20 heavy (non-hydrogen) atoms. The molecule has 0 bridgehead atoms. The highest BCUT2D eigenvalue weighted by atomic mass is 16.5. The van der Waals surface area contributed by atoms with E-state index in [1.54, 1.807) is 6.07 Å². The minimum atomic E-state index is 0.623. The van der Waals surface area contributed by atoms with Crippen LogP contribution in [-0.2, 0) is 0 Å². The van der Waals surface area contributed by atoms with E-state index in [-0.39, 0.29) is 0 Å². The van der Waals surface area contributed by atoms with Gasteiger partial charge in [-0.05, 0) is 37.6 Å². The van der Waals surface area contributed by atoms with Gasteiger partial charge < -0.3 is 4.74 Å². The second kappa shape index (κ2) is 6.85. The first kappa shape index (κ1) is 14.3. The molecule has 3 nitrogen and oxygen atoms in total. The molecule has 0 unspecified atom stereocenters. The van der Waals surface area contributed by atoms with Gasteiger partial charge in [-0.1, -0.05) is 25.5 Å². The smallest absolute Gasteiger partial charge is 0.151 e. The molecule has 0 amide bonds. The van der Waals surface area contributed by atoms with Gasteiger partial charge in [0.1, 0.15) is 5.75 Å². The number of unbranched alkanes of at least 4 members (excludes halogenated alkanes) is 1. The molecule has 0 saturated carbocycles. The predicted molar refractivity (Wildman–Crippen MR) is 80.2 cm³/mol. The highest BCUT2D eigenvalue weighted by molar-refractivity contribution is 5.78. The number of hydrogen-bond acceptors (Lipinski definition) is 3. The Balaban J connectivity index is 2.32. The standard InChI is InChI=1S/C17H19NO2/c1-3-4-11-20-17-8-6-5-7-15(17)16-10-9-14(12-19)13(2)18-16/h5-10,12H,3-4,11H2,1-2H3. The lowest BCUT2D eigenvalue weighted by atomic mass is 10.1. The summed E-state index contributed by atoms with van der Waals surface area (Å²) >= 11 is 0. The van der Waals surface area contributed by atoms with Gasteiger partial charge in [0.05, 0.1) is 12.3 Å². The Morgan fingerprint density at radius 1 is 1.20 bits per heavy atom. The molecule has 0 aliphatic heterocycles. The molecule has 104 valence electrons. The van der Waals surface area contributed by atoms with Gasteiger partial charge in [-0.2, -0.15) is 0 Å². The number of carbonyl (C=O) groups excluding carboxylic acids is 1. The van der Waals surface area contributed by atoms with Crippen LogP contribution in [0.3, 0.4) is 0 Å². The Hall–Kier alpha value is -2.16. The lowest BCUT2D eigenvalue weighted by Crippen LogP contribution is -1.99. The van der Waals surface area contributed by atoms with Crippen molar-refractivity contribution in [2.24, 2.45) is 0 Å². The molecular formula is C17H19NO2. The van der Waals surface area contributed by atoms with Crippen molar-refractivity contribution in [2.45, 2.75) is 26.7 Å². The van der Waals surface area contributed by atoms with E-state index in [0.29, 0.717) is 12.2 Å². The molecule has 0 spiro atoms. The Morgan fingerprint density at radius 3 is 2.70 bits per heavy atom. The molecule has 1 aromatic heterocycles. The number of rotatable bonds is 6. The van der Waals surface area contributed by atoms with E-state index in [2.05, 4.69) is 11.9 Å². The highest BCUT2D eigenvalue weighted by Crippen LogP contribution is 2.29. The summed E-state index contributed by atoms with van der Waals surface area (Å²) in [5, 5.41) is 0. The number of carbonyl (C=O) groups is 1. The van der Waals surface area contributed by atoms with Crippen molar-refractivity contribution in [2.75, 3.05) is 6.61 Å². The molecule has 0 N–H and O–H groups in total. The molecule has 0 atom stereocenters. The summed E-state index contributed by atoms with van der Waals surface area (Å²) in [4.78, 5) is 15.3. The third kappa shape index (κ3) is 3.23. The number of nitrogens with zero attached hydrogens (tertiary/aromatic N) is 1. The van der Waals surface area contributed by atoms with Crippen LogP contribution in [0.4, 0.5) is 0 Å². The fraction of sp³-hybridized carbons (Fsp3) is 0.294. The van der Waals surface area contributed by atoms with Crippen molar-refractivity contribution < 1.29 is 9.53 Å². The number of benzene rings is 1. The first-order chi connectivity index (χ1) is 9.76. The fourth-order valence-corrected chi connectivity index (χ4v) is 1.98. The van der Waals surface area contributed by atoms with E-state index in [1.165, 1.54) is 0 Å². The van der Waals surface area contributed by atoms with Crippen molar-refractivity contribution in [1.29, 1.82) is 0 Å². The normalized spacial score (nSPS) is 10.3. The molecule has 0 aliphatic carbocycles. The predicted octanol–water partition coefficient (Wildman–Crippen LogP) is 4.05. The van der Waals surface area contributed by atoms with Gasteiger partial charge in [-0.3, -0.25) is 9.78 Å². The number of para-hydroxylation sites is 1. The van der Waals surface area contributed by atoms with Crippen molar-refractivity contribution >= 4 is 6.29 Å². The monoisotopic (exact) mass is 269 g/mol. The maximum atomic E-state index is 10.9. The van der Waals surface area contributed by atoms with Gasteiger partial charge in [-0.25, -0.2) is 0 Å². The molecule has 1 aromatic carbocycles. The van der Waals surface area contributed by atoms with E-state index in [9.17, 15) is 4.79 Å². The molecule has 0 radical (unpaired) electrons. The molecule has 3 heteroatoms. The molecular weight excluding hydrogens is 250 g/mol. The van der Waals surface area contributed by atoms with Gasteiger partial charge in [0.15, 0.2) is 6.29 Å². The van der Waals surface area contributed by atoms with E-state index in [0.717, 1.165) is 41.8 Å². The second-order valence-corrected chi connectivity index (χ2v) is 4.69. The summed E-state index contributed by atoms with van der Waals surface area (Å²) in [7, 11) is 0. The van der Waals surface area contributed by atoms with Crippen LogP contribution < -0.4 is 4.74 Å². The van der Waals surface area contributed by atoms with Crippen molar-refractivity contribution in [3.05, 3.63) is 47.7 Å². The van der Waals surface area contributed by atoms with Gasteiger partial charge in [0, 0.05) is 16.8 Å². The number of aryl methyl sites for hydroxylation is 1. The van der Waals surface area contributed by atoms with Crippen LogP contribution in [0.2, 0.25) is 0 Å². The van der Waals surface area contributed by atoms with Gasteiger partial charge in [0.2, 0.25) is 0 Å². The second-order valence-electron chi connectivity index (χ2n) is 4.69. The Bertz CT molecular complexity index is 593. The van der Waals surface area contributed by atoms with Gasteiger partial charge in [0.25, 0.3) is 0 Å². The minimum absolute atomic E-state index is 0.623. The van der Waals surface area contributed by atoms with Crippen LogP contribution in [-0.4, -0.2) is 17.9 Å². The largest absolute Gasteiger partial charge is 0.493 e. The summed E-state index contributed by atoms with van der Waals surface area (Å²) in [5.74, 6) is 0.840. The first-order valence-electron chi connectivity index (χ1n) is 6.91. The average molecular weight is 269 g/mol. The molecule has 0 saturated heterocycles. The molecule has 2 aromatic rings. The van der Waals surface area contributed by atoms with Crippen LogP contribution >= 0.6 is 0 Å². The maximum absolute atomic E-state index is 10.9. The Kier molecular flexibility index (Phi) is 4.88. The number of aromatic nitrogens is 1. The lowest BCUT2D eigenvalue weighted by molar-refractivity contribution is 0.112. The van der Waals surface area contributed by atoms with Crippen molar-refractivity contribution in [3.8, 4) is 17.0 Å². The highest BCUT2D eigenvalue weighted by Gasteiger charge is 2.08. The van der Waals surface area contributed by atoms with E-state index in [1.807, 2.05) is 37.3 Å². The third-order valence-corrected chi connectivity index (χ3v) is 3.17. The van der Waals surface area contributed by atoms with E-state index in [4.69, 9.17) is 4.74 Å². The van der Waals surface area contributed by atoms with Crippen LogP contribution in [0.1, 0.15) is 35.8 Å². The quantitative estimate of drug-likeness (QED) is 0.586. The number of hydrogen-bond donors (Lipinski definition) is 0. The Labute approximate surface area is 119 Å². The zero-order valence-corrected chi connectivity index (χ0v) is 11.9. The summed E-state index contributed by atoms with van der Waals surface area (Å²) in [6, 6.07) is 11.5. The average Bonchev–Trinajstić information content (AvgIpc) is 2.48. The zero-order chi connectivity index (χ0) is 14.4. The van der Waals surface area contributed by atoms with Crippen LogP contribution in [0, 0.1) is 6.92 Å². The number of aldehydes is 1. The van der Waals surface area contributed by atoms with E-state index >= 15 is 0 Å². The van der Waals surface area contributed by atoms with Gasteiger partial charge in [-0.15, -0.1) is 0 Å². The minimum Gasteiger partial charge on any atom is -0.493 e. The summed E-state index contributed by atoms with van der Waals surface area (Å²) in [5.41, 5.74) is 3.16. The lowest BCUT2D eigenvalue weighted by Gasteiger charge is -2.11. The molecule has 1 heterocycles. The first-order valence-corrected chi connectivity index (χ1v) is 6.91. The summed E-state index contributed by atoms with van der Waals surface area (Å²) < 4.78 is 5.82. The fourth-order valence-electron chi connectivity index (χ4n) is 1.98. The summed E-state index contributed by atoms with van der Waals surface area (Å²) in [6.45, 7) is 4.69. The van der Waals surface area contributed by atoms with Gasteiger partial charge >= 0.3 is 0 Å². The van der Waals surface area contributed by atoms with E-state index < -0.39 is 0 Å². The summed E-state index contributed by atoms with van der Waals surface area (Å²) in [6.07, 6.45) is 2.97. The van der Waals surface area contributed by atoms with Crippen LogP contribution in [0.25, 0.3) is 11.3 Å². The maximum Gasteiger partial charge on any atom is 0.151 e. The number of ether oxygens (including phenoxy) is 1. The topological polar surface area (TPSA) is 39.2 Å². The molecule has 2 rings (SSSR count). The SMILES string of the molecule is CCCCOc1ccccc1-c1ccc(C=O)c(C)n1. The third-order valence-electron chi connectivity index (χ3n) is 3.17. The van der Waals surface area contributed by atoms with Crippen molar-refractivity contribution in [1.82, 2.24) is 4.98 Å². The van der Waals surface area contributed by atoms with Crippen LogP contribution in [0.15, 0.2) is 36.4 Å².